The molecule has 0 aromatic carbocycles. The molecule has 0 bridgehead atoms. The van der Waals surface area contributed by atoms with Crippen molar-refractivity contribution in [2.24, 2.45) is 0 Å². The Morgan fingerprint density at radius 3 is 3.00 bits per heavy atom. The van der Waals surface area contributed by atoms with E-state index in [4.69, 9.17) is 16.3 Å². The Morgan fingerprint density at radius 2 is 2.38 bits per heavy atom. The van der Waals surface area contributed by atoms with Gasteiger partial charge in [0.15, 0.2) is 0 Å². The molecule has 1 aliphatic rings. The van der Waals surface area contributed by atoms with Gasteiger partial charge in [0.25, 0.3) is 0 Å². The number of aliphatic hydroxyl groups excluding tert-OH is 1. The Balaban J connectivity index is 2.16. The molecule has 0 amide bonds. The highest BCUT2D eigenvalue weighted by Gasteiger charge is 2.28. The topological polar surface area (TPSA) is 55.2 Å². The monoisotopic (exact) mass is 242 g/mol. The highest BCUT2D eigenvalue weighted by Crippen LogP contribution is 2.26. The van der Waals surface area contributed by atoms with Crippen molar-refractivity contribution >= 4 is 11.6 Å². The number of aryl methyl sites for hydroxylation is 1. The Morgan fingerprint density at radius 1 is 1.56 bits per heavy atom. The van der Waals surface area contributed by atoms with Crippen molar-refractivity contribution in [3.8, 4) is 5.88 Å². The van der Waals surface area contributed by atoms with Crippen LogP contribution in [0.1, 0.15) is 31.7 Å². The Kier molecular flexibility index (Phi) is 3.61. The van der Waals surface area contributed by atoms with E-state index in [2.05, 4.69) is 9.97 Å². The highest BCUT2D eigenvalue weighted by atomic mass is 35.5. The smallest absolute Gasteiger partial charge is 0.225 e. The highest BCUT2D eigenvalue weighted by molar-refractivity contribution is 6.28. The van der Waals surface area contributed by atoms with Gasteiger partial charge in [0.1, 0.15) is 6.10 Å². The van der Waals surface area contributed by atoms with Gasteiger partial charge in [-0.05, 0) is 37.3 Å². The zero-order chi connectivity index (χ0) is 11.5. The molecule has 1 saturated carbocycles. The molecule has 2 atom stereocenters. The third kappa shape index (κ3) is 2.44. The standard InChI is InChI=1S/C11H15ClN2O2/c1-2-7-6-13-11(12)14-10(7)16-9-5-3-4-8(9)15/h6,8-9,15H,2-5H2,1H3. The third-order valence-electron chi connectivity index (χ3n) is 2.86. The summed E-state index contributed by atoms with van der Waals surface area (Å²) in [6, 6.07) is 0. The molecule has 1 aromatic heterocycles. The number of nitrogens with zero attached hydrogens (tertiary/aromatic N) is 2. The number of halogens is 1. The van der Waals surface area contributed by atoms with Crippen molar-refractivity contribution < 1.29 is 9.84 Å². The summed E-state index contributed by atoms with van der Waals surface area (Å²) in [7, 11) is 0. The lowest BCUT2D eigenvalue weighted by atomic mass is 10.2. The number of hydrogen-bond acceptors (Lipinski definition) is 4. The molecule has 1 heterocycles. The molecule has 0 spiro atoms. The van der Waals surface area contributed by atoms with E-state index in [1.165, 1.54) is 0 Å². The number of ether oxygens (including phenoxy) is 1. The Labute approximate surface area is 99.6 Å². The minimum atomic E-state index is -0.390. The largest absolute Gasteiger partial charge is 0.471 e. The fourth-order valence-electron chi connectivity index (χ4n) is 1.90. The molecule has 2 rings (SSSR count). The normalized spacial score (nSPS) is 24.7. The van der Waals surface area contributed by atoms with Crippen LogP contribution in [-0.4, -0.2) is 27.3 Å². The van der Waals surface area contributed by atoms with Gasteiger partial charge in [-0.2, -0.15) is 4.98 Å². The molecule has 0 radical (unpaired) electrons. The number of aliphatic hydroxyl groups is 1. The van der Waals surface area contributed by atoms with E-state index in [-0.39, 0.29) is 11.4 Å². The summed E-state index contributed by atoms with van der Waals surface area (Å²) in [5, 5.41) is 9.86. The van der Waals surface area contributed by atoms with Gasteiger partial charge in [0, 0.05) is 11.8 Å². The van der Waals surface area contributed by atoms with Crippen LogP contribution in [0.5, 0.6) is 5.88 Å². The quantitative estimate of drug-likeness (QED) is 0.824. The first-order chi connectivity index (χ1) is 7.70. The lowest BCUT2D eigenvalue weighted by Gasteiger charge is -2.17. The summed E-state index contributed by atoms with van der Waals surface area (Å²) in [5.41, 5.74) is 0.920. The van der Waals surface area contributed by atoms with E-state index in [1.807, 2.05) is 6.92 Å². The van der Waals surface area contributed by atoms with Crippen LogP contribution in [0.4, 0.5) is 0 Å². The molecule has 1 fully saturated rings. The van der Waals surface area contributed by atoms with Crippen LogP contribution in [-0.2, 0) is 6.42 Å². The SMILES string of the molecule is CCc1cnc(Cl)nc1OC1CCCC1O. The summed E-state index contributed by atoms with van der Waals surface area (Å²) in [6.45, 7) is 2.00. The summed E-state index contributed by atoms with van der Waals surface area (Å²) in [6.07, 6.45) is 4.57. The maximum absolute atomic E-state index is 9.68. The van der Waals surface area contributed by atoms with Gasteiger partial charge in [-0.15, -0.1) is 0 Å². The molecule has 1 aliphatic carbocycles. The van der Waals surface area contributed by atoms with Crippen LogP contribution >= 0.6 is 11.6 Å². The maximum Gasteiger partial charge on any atom is 0.225 e. The van der Waals surface area contributed by atoms with Gasteiger partial charge in [-0.25, -0.2) is 4.98 Å². The predicted octanol–water partition coefficient (Wildman–Crippen LogP) is 1.98. The first-order valence-corrected chi connectivity index (χ1v) is 5.94. The molecule has 5 heteroatoms. The second-order valence-corrected chi connectivity index (χ2v) is 4.32. The van der Waals surface area contributed by atoms with E-state index in [0.29, 0.717) is 5.88 Å². The third-order valence-corrected chi connectivity index (χ3v) is 3.04. The van der Waals surface area contributed by atoms with Crippen LogP contribution < -0.4 is 4.74 Å². The average molecular weight is 243 g/mol. The minimum absolute atomic E-state index is 0.156. The first-order valence-electron chi connectivity index (χ1n) is 5.57. The minimum Gasteiger partial charge on any atom is -0.471 e. The van der Waals surface area contributed by atoms with E-state index in [0.717, 1.165) is 31.2 Å². The van der Waals surface area contributed by atoms with Crippen molar-refractivity contribution in [1.82, 2.24) is 9.97 Å². The van der Waals surface area contributed by atoms with Crippen molar-refractivity contribution in [3.05, 3.63) is 17.0 Å². The molecule has 1 N–H and O–H groups in total. The Bertz CT molecular complexity index is 373. The molecule has 1 aromatic rings. The lowest BCUT2D eigenvalue weighted by molar-refractivity contribution is 0.0567. The van der Waals surface area contributed by atoms with Crippen LogP contribution in [0.2, 0.25) is 5.28 Å². The maximum atomic E-state index is 9.68. The first kappa shape index (κ1) is 11.6. The fourth-order valence-corrected chi connectivity index (χ4v) is 2.03. The van der Waals surface area contributed by atoms with Crippen molar-refractivity contribution in [2.75, 3.05) is 0 Å². The van der Waals surface area contributed by atoms with Gasteiger partial charge in [0.2, 0.25) is 11.2 Å². The van der Waals surface area contributed by atoms with E-state index < -0.39 is 6.10 Å². The zero-order valence-electron chi connectivity index (χ0n) is 9.19. The van der Waals surface area contributed by atoms with E-state index in [1.54, 1.807) is 6.20 Å². The van der Waals surface area contributed by atoms with Gasteiger partial charge in [0.05, 0.1) is 6.10 Å². The number of hydrogen-bond donors (Lipinski definition) is 1. The molecule has 2 unspecified atom stereocenters. The molecule has 16 heavy (non-hydrogen) atoms. The van der Waals surface area contributed by atoms with Gasteiger partial charge in [-0.1, -0.05) is 6.92 Å². The fraction of sp³-hybridized carbons (Fsp3) is 0.636. The lowest BCUT2D eigenvalue weighted by Crippen LogP contribution is -2.26. The van der Waals surface area contributed by atoms with Crippen molar-refractivity contribution in [1.29, 1.82) is 0 Å². The number of aromatic nitrogens is 2. The second-order valence-electron chi connectivity index (χ2n) is 3.98. The van der Waals surface area contributed by atoms with Crippen molar-refractivity contribution in [2.45, 2.75) is 44.8 Å². The van der Waals surface area contributed by atoms with Crippen LogP contribution in [0.25, 0.3) is 0 Å². The van der Waals surface area contributed by atoms with Gasteiger partial charge >= 0.3 is 0 Å². The van der Waals surface area contributed by atoms with E-state index >= 15 is 0 Å². The summed E-state index contributed by atoms with van der Waals surface area (Å²) in [4.78, 5) is 7.98. The van der Waals surface area contributed by atoms with E-state index in [9.17, 15) is 5.11 Å². The zero-order valence-corrected chi connectivity index (χ0v) is 9.94. The summed E-state index contributed by atoms with van der Waals surface area (Å²) >= 11 is 5.73. The van der Waals surface area contributed by atoms with Crippen LogP contribution in [0.15, 0.2) is 6.20 Å². The van der Waals surface area contributed by atoms with Crippen LogP contribution in [0, 0.1) is 0 Å². The van der Waals surface area contributed by atoms with Crippen LogP contribution in [0.3, 0.4) is 0 Å². The van der Waals surface area contributed by atoms with Crippen molar-refractivity contribution in [3.63, 3.8) is 0 Å². The molecule has 88 valence electrons. The summed E-state index contributed by atoms with van der Waals surface area (Å²) in [5.74, 6) is 0.508. The Hall–Kier alpha value is -0.870. The predicted molar refractivity (Wildman–Crippen MR) is 60.7 cm³/mol. The average Bonchev–Trinajstić information content (AvgIpc) is 2.65. The molecular weight excluding hydrogens is 228 g/mol. The second kappa shape index (κ2) is 4.97. The summed E-state index contributed by atoms with van der Waals surface area (Å²) < 4.78 is 5.70. The molecule has 4 nitrogen and oxygen atoms in total. The van der Waals surface area contributed by atoms with Gasteiger partial charge in [-0.3, -0.25) is 0 Å². The molecule has 0 saturated heterocycles. The molecular formula is C11H15ClN2O2. The number of rotatable bonds is 3. The van der Waals surface area contributed by atoms with Gasteiger partial charge < -0.3 is 9.84 Å². The molecule has 0 aliphatic heterocycles.